The summed E-state index contributed by atoms with van der Waals surface area (Å²) in [6, 6.07) is 3.00. The van der Waals surface area contributed by atoms with Gasteiger partial charge in [0, 0.05) is 12.3 Å². The number of benzene rings is 1. The highest BCUT2D eigenvalue weighted by Gasteiger charge is 2.83. The second kappa shape index (κ2) is 11.5. The van der Waals surface area contributed by atoms with Crippen molar-refractivity contribution in [3.63, 3.8) is 0 Å². The molecule has 5 unspecified atom stereocenters. The molecule has 1 aromatic rings. The summed E-state index contributed by atoms with van der Waals surface area (Å²) < 4.78 is 144. The normalized spacial score (nSPS) is 24.1. The topological polar surface area (TPSA) is 161 Å². The van der Waals surface area contributed by atoms with Gasteiger partial charge in [-0.25, -0.2) is 0 Å². The average Bonchev–Trinajstić information content (AvgIpc) is 3.48. The van der Waals surface area contributed by atoms with Crippen molar-refractivity contribution in [1.29, 1.82) is 0 Å². The number of hydrogen-bond acceptors (Lipinski definition) is 9. The zero-order chi connectivity index (χ0) is 33.0. The van der Waals surface area contributed by atoms with Crippen molar-refractivity contribution in [1.82, 2.24) is 0 Å². The summed E-state index contributed by atoms with van der Waals surface area (Å²) >= 11 is 0. The van der Waals surface area contributed by atoms with Gasteiger partial charge < -0.3 is 14.0 Å². The Hall–Kier alpha value is -2.44. The van der Waals surface area contributed by atoms with Crippen molar-refractivity contribution in [2.75, 3.05) is 0 Å². The maximum absolute atomic E-state index is 14.0. The number of aliphatic hydroxyl groups excluding tert-OH is 1. The highest BCUT2D eigenvalue weighted by atomic mass is 32.2. The van der Waals surface area contributed by atoms with Gasteiger partial charge >= 0.3 is 42.6 Å². The van der Waals surface area contributed by atoms with E-state index in [-0.39, 0.29) is 35.3 Å². The Morgan fingerprint density at radius 2 is 1.49 bits per heavy atom. The van der Waals surface area contributed by atoms with Crippen molar-refractivity contribution in [3.05, 3.63) is 29.8 Å². The van der Waals surface area contributed by atoms with Gasteiger partial charge in [0.2, 0.25) is 0 Å². The summed E-state index contributed by atoms with van der Waals surface area (Å²) in [5.74, 6) is -9.38. The molecular weight excluding hydrogens is 638 g/mol. The second-order valence-electron chi connectivity index (χ2n) is 11.4. The Morgan fingerprint density at radius 1 is 0.930 bits per heavy atom. The Kier molecular flexibility index (Phi) is 9.36. The van der Waals surface area contributed by atoms with Crippen molar-refractivity contribution < 1.29 is 71.3 Å². The number of Topliss-reactive ketones (excluding diaryl/α,β-unsaturated/α-hetero) is 1. The second-order valence-corrected chi connectivity index (χ2v) is 14.4. The van der Waals surface area contributed by atoms with E-state index < -0.39 is 66.3 Å². The lowest BCUT2D eigenvalue weighted by atomic mass is 9.82. The summed E-state index contributed by atoms with van der Waals surface area (Å²) in [5, 5.41) is -3.24. The van der Waals surface area contributed by atoms with Crippen LogP contribution in [0.1, 0.15) is 64.5 Å². The summed E-state index contributed by atoms with van der Waals surface area (Å²) in [7, 11) is -14.2. The highest BCUT2D eigenvalue weighted by Crippen LogP contribution is 2.52. The smallest absolute Gasteiger partial charge is 0.450 e. The predicted octanol–water partition coefficient (Wildman–Crippen LogP) is 4.49. The first-order valence-corrected chi connectivity index (χ1v) is 15.8. The summed E-state index contributed by atoms with van der Waals surface area (Å²) in [6.07, 6.45) is 0.0198. The van der Waals surface area contributed by atoms with E-state index >= 15 is 0 Å². The lowest BCUT2D eigenvalue weighted by Crippen LogP contribution is -2.61. The number of aliphatic hydroxyl groups is 1. The van der Waals surface area contributed by atoms with Gasteiger partial charge in [0.15, 0.2) is 0 Å². The zero-order valence-electron chi connectivity index (χ0n) is 23.0. The molecule has 0 heterocycles. The number of ether oxygens (including phenoxy) is 1. The molecule has 244 valence electrons. The number of halogens is 6. The van der Waals surface area contributed by atoms with Crippen LogP contribution in [0, 0.1) is 23.2 Å². The number of ketones is 1. The van der Waals surface area contributed by atoms with E-state index in [1.54, 1.807) is 13.8 Å². The monoisotopic (exact) mass is 668 g/mol. The largest absolute Gasteiger partial charge is 0.462 e. The van der Waals surface area contributed by atoms with E-state index in [4.69, 9.17) is 9.29 Å². The molecule has 2 fully saturated rings. The van der Waals surface area contributed by atoms with Gasteiger partial charge in [-0.3, -0.25) is 14.1 Å². The van der Waals surface area contributed by atoms with Gasteiger partial charge in [-0.05, 0) is 69.1 Å². The molecule has 3 rings (SSSR count). The van der Waals surface area contributed by atoms with Crippen molar-refractivity contribution in [2.45, 2.75) is 81.5 Å². The van der Waals surface area contributed by atoms with Gasteiger partial charge in [-0.2, -0.15) is 43.2 Å². The third-order valence-electron chi connectivity index (χ3n) is 8.13. The molecule has 0 spiro atoms. The number of carbonyl (C=O) groups is 2. The minimum Gasteiger partial charge on any atom is -0.462 e. The van der Waals surface area contributed by atoms with E-state index in [1.165, 1.54) is 0 Å². The van der Waals surface area contributed by atoms with Crippen molar-refractivity contribution in [2.24, 2.45) is 23.2 Å². The van der Waals surface area contributed by atoms with Crippen LogP contribution in [0.4, 0.5) is 26.3 Å². The van der Waals surface area contributed by atoms with E-state index in [9.17, 15) is 57.9 Å². The van der Waals surface area contributed by atoms with Gasteiger partial charge in [0.25, 0.3) is 0 Å². The van der Waals surface area contributed by atoms with E-state index in [0.717, 1.165) is 12.1 Å². The molecule has 2 bridgehead atoms. The molecule has 0 amide bonds. The Morgan fingerprint density at radius 3 is 1.95 bits per heavy atom. The Bertz CT molecular complexity index is 1440. The molecule has 2 aliphatic rings. The number of rotatable bonds is 13. The maximum atomic E-state index is 14.0. The Balaban J connectivity index is 1.62. The molecule has 10 nitrogen and oxygen atoms in total. The van der Waals surface area contributed by atoms with Crippen molar-refractivity contribution >= 4 is 32.0 Å². The molecule has 43 heavy (non-hydrogen) atoms. The van der Waals surface area contributed by atoms with Crippen LogP contribution in [0.25, 0.3) is 0 Å². The molecule has 2 N–H and O–H groups in total. The predicted molar refractivity (Wildman–Crippen MR) is 135 cm³/mol. The molecule has 2 aliphatic carbocycles. The number of alkyl halides is 6. The summed E-state index contributed by atoms with van der Waals surface area (Å²) in [5.41, 5.74) is -0.680. The van der Waals surface area contributed by atoms with Crippen LogP contribution in [0.2, 0.25) is 0 Å². The molecule has 2 saturated carbocycles. The van der Waals surface area contributed by atoms with Gasteiger partial charge in [0.05, 0.1) is 11.5 Å². The first kappa shape index (κ1) is 35.0. The van der Waals surface area contributed by atoms with E-state index in [0.29, 0.717) is 37.8 Å². The third-order valence-corrected chi connectivity index (χ3v) is 10.3. The van der Waals surface area contributed by atoms with Gasteiger partial charge in [-0.1, -0.05) is 19.1 Å². The van der Waals surface area contributed by atoms with Crippen LogP contribution in [0.5, 0.6) is 5.75 Å². The Labute approximate surface area is 243 Å². The highest BCUT2D eigenvalue weighted by molar-refractivity contribution is 7.88. The average molecular weight is 669 g/mol. The molecular formula is C25H30F6O10S2. The number of fused-ring (bicyclic) bond motifs is 2. The van der Waals surface area contributed by atoms with E-state index in [2.05, 4.69) is 4.18 Å². The van der Waals surface area contributed by atoms with E-state index in [1.807, 2.05) is 6.92 Å². The lowest BCUT2D eigenvalue weighted by molar-refractivity contribution is -0.247. The van der Waals surface area contributed by atoms with Gasteiger partial charge in [-0.15, -0.1) is 0 Å². The minimum absolute atomic E-state index is 0.0194. The van der Waals surface area contributed by atoms with Crippen LogP contribution >= 0.6 is 0 Å². The first-order valence-electron chi connectivity index (χ1n) is 13.0. The molecule has 0 aliphatic heterocycles. The summed E-state index contributed by atoms with van der Waals surface area (Å²) in [6.45, 7) is 5.41. The molecule has 0 aromatic heterocycles. The fraction of sp³-hybridized carbons (Fsp3) is 0.680. The van der Waals surface area contributed by atoms with Crippen LogP contribution in [-0.2, 0) is 34.6 Å². The molecule has 18 heteroatoms. The maximum Gasteiger partial charge on any atom is 0.450 e. The lowest BCUT2D eigenvalue weighted by Gasteiger charge is -2.30. The fourth-order valence-electron chi connectivity index (χ4n) is 5.08. The molecule has 5 atom stereocenters. The minimum atomic E-state index is -7.18. The third kappa shape index (κ3) is 6.38. The summed E-state index contributed by atoms with van der Waals surface area (Å²) in [4.78, 5) is 25.3. The molecule has 0 saturated heterocycles. The fourth-order valence-corrected chi connectivity index (χ4v) is 6.50. The van der Waals surface area contributed by atoms with Crippen LogP contribution in [0.3, 0.4) is 0 Å². The van der Waals surface area contributed by atoms with Crippen LogP contribution < -0.4 is 4.18 Å². The number of hydrogen-bond donors (Lipinski definition) is 2. The van der Waals surface area contributed by atoms with Crippen molar-refractivity contribution in [3.8, 4) is 5.75 Å². The molecule has 1 aromatic carbocycles. The SMILES string of the molecule is CCC(C)(C)C(=O)OC1CC2CC1CC2C(=O)CC(O)c1ccc(OS(=O)(=O)C(F)(F)C(F)(F)C(F)(F)S(=O)(=O)O)cc1. The zero-order valence-corrected chi connectivity index (χ0v) is 24.6. The number of carbonyl (C=O) groups excluding carboxylic acids is 2. The van der Waals surface area contributed by atoms with Crippen LogP contribution in [0.15, 0.2) is 24.3 Å². The quantitative estimate of drug-likeness (QED) is 0.133. The standard InChI is InChI=1S/C25H30F6O10S2/c1-4-22(2,3)21(34)40-20-11-14-9-15(20)10-17(14)19(33)12-18(32)13-5-7-16(8-6-13)41-43(38,39)25(30,31)23(26,27)24(28,29)42(35,36)37/h5-8,14-15,17-18,20,32H,4,9-12H2,1-3H3,(H,35,36,37). The van der Waals surface area contributed by atoms with Crippen LogP contribution in [-0.4, -0.2) is 60.8 Å². The molecule has 0 radical (unpaired) electrons. The number of esters is 1. The first-order chi connectivity index (χ1) is 19.4. The van der Waals surface area contributed by atoms with Gasteiger partial charge in [0.1, 0.15) is 17.6 Å².